The summed E-state index contributed by atoms with van der Waals surface area (Å²) in [6.45, 7) is 5.64. The van der Waals surface area contributed by atoms with Crippen LogP contribution in [0, 0.1) is 5.41 Å². The number of benzene rings is 1. The number of aromatic amines is 1. The van der Waals surface area contributed by atoms with Crippen molar-refractivity contribution in [3.05, 3.63) is 42.2 Å². The second-order valence-electron chi connectivity index (χ2n) is 7.97. The summed E-state index contributed by atoms with van der Waals surface area (Å²) in [6, 6.07) is 10.4. The predicted molar refractivity (Wildman–Crippen MR) is 103 cm³/mol. The van der Waals surface area contributed by atoms with Gasteiger partial charge >= 0.3 is 0 Å². The fraction of sp³-hybridized carbons (Fsp3) is 0.524. The zero-order valence-electron chi connectivity index (χ0n) is 15.5. The van der Waals surface area contributed by atoms with Crippen LogP contribution in [0.1, 0.15) is 44.2 Å². The number of hydrogen-bond donors (Lipinski definition) is 2. The lowest BCUT2D eigenvalue weighted by Gasteiger charge is -2.40. The largest absolute Gasteiger partial charge is 0.342 e. The number of hydrogen-bond acceptors (Lipinski definition) is 3. The van der Waals surface area contributed by atoms with Crippen LogP contribution in [0.2, 0.25) is 0 Å². The lowest BCUT2D eigenvalue weighted by atomic mass is 9.80. The average molecular weight is 352 g/mol. The van der Waals surface area contributed by atoms with Gasteiger partial charge in [0.15, 0.2) is 0 Å². The number of carbonyl (C=O) groups is 1. The van der Waals surface area contributed by atoms with Gasteiger partial charge in [-0.25, -0.2) is 0 Å². The summed E-state index contributed by atoms with van der Waals surface area (Å²) in [5, 5.41) is 10.9. The van der Waals surface area contributed by atoms with E-state index in [1.807, 2.05) is 12.3 Å². The summed E-state index contributed by atoms with van der Waals surface area (Å²) in [5.41, 5.74) is 3.39. The molecule has 0 aliphatic carbocycles. The van der Waals surface area contributed by atoms with Gasteiger partial charge in [-0.3, -0.25) is 9.89 Å². The van der Waals surface area contributed by atoms with Gasteiger partial charge in [-0.1, -0.05) is 30.3 Å². The monoisotopic (exact) mass is 352 g/mol. The van der Waals surface area contributed by atoms with Gasteiger partial charge in [-0.15, -0.1) is 0 Å². The third kappa shape index (κ3) is 3.28. The van der Waals surface area contributed by atoms with Crippen LogP contribution in [-0.4, -0.2) is 47.2 Å². The molecule has 4 rings (SSSR count). The van der Waals surface area contributed by atoms with Crippen molar-refractivity contribution in [1.82, 2.24) is 20.4 Å². The van der Waals surface area contributed by atoms with Gasteiger partial charge in [0.25, 0.3) is 0 Å². The number of H-pyrrole nitrogens is 1. The predicted octanol–water partition coefficient (Wildman–Crippen LogP) is 3.17. The number of nitrogens with zero attached hydrogens (tertiary/aromatic N) is 2. The molecule has 2 aromatic rings. The van der Waals surface area contributed by atoms with E-state index in [9.17, 15) is 4.79 Å². The maximum atomic E-state index is 13.0. The lowest BCUT2D eigenvalue weighted by Crippen LogP contribution is -2.52. The quantitative estimate of drug-likeness (QED) is 0.892. The van der Waals surface area contributed by atoms with Crippen LogP contribution in [0.4, 0.5) is 0 Å². The second-order valence-corrected chi connectivity index (χ2v) is 7.97. The Kier molecular flexibility index (Phi) is 4.81. The van der Waals surface area contributed by atoms with Crippen LogP contribution in [0.3, 0.4) is 0 Å². The first-order chi connectivity index (χ1) is 12.7. The van der Waals surface area contributed by atoms with Crippen molar-refractivity contribution in [2.45, 2.75) is 38.5 Å². The number of nitrogens with one attached hydrogen (secondary N) is 2. The van der Waals surface area contributed by atoms with E-state index in [-0.39, 0.29) is 5.41 Å². The van der Waals surface area contributed by atoms with E-state index in [0.717, 1.165) is 51.9 Å². The van der Waals surface area contributed by atoms with Gasteiger partial charge in [0.05, 0.1) is 11.6 Å². The molecule has 1 amide bonds. The molecule has 1 aromatic heterocycles. The van der Waals surface area contributed by atoms with Crippen molar-refractivity contribution < 1.29 is 4.79 Å². The third-order valence-corrected chi connectivity index (χ3v) is 6.06. The smallest absolute Gasteiger partial charge is 0.229 e. The Morgan fingerprint density at radius 2 is 2.00 bits per heavy atom. The zero-order valence-corrected chi connectivity index (χ0v) is 15.5. The van der Waals surface area contributed by atoms with E-state index in [1.165, 1.54) is 16.8 Å². The molecule has 26 heavy (non-hydrogen) atoms. The average Bonchev–Trinajstić information content (AvgIpc) is 3.19. The zero-order chi connectivity index (χ0) is 18.0. The van der Waals surface area contributed by atoms with Crippen LogP contribution in [0.25, 0.3) is 11.1 Å². The van der Waals surface area contributed by atoms with Gasteiger partial charge in [0.1, 0.15) is 0 Å². The van der Waals surface area contributed by atoms with E-state index in [2.05, 4.69) is 51.6 Å². The highest BCUT2D eigenvalue weighted by Gasteiger charge is 2.39. The van der Waals surface area contributed by atoms with Crippen molar-refractivity contribution >= 4 is 5.91 Å². The molecule has 0 spiro atoms. The first-order valence-corrected chi connectivity index (χ1v) is 9.76. The molecule has 2 saturated heterocycles. The first kappa shape index (κ1) is 17.3. The van der Waals surface area contributed by atoms with Crippen molar-refractivity contribution in [3.63, 3.8) is 0 Å². The minimum absolute atomic E-state index is 0.228. The Balaban J connectivity index is 1.43. The van der Waals surface area contributed by atoms with Gasteiger partial charge in [0, 0.05) is 36.8 Å². The number of piperidine rings is 2. The van der Waals surface area contributed by atoms with E-state index in [4.69, 9.17) is 0 Å². The Labute approximate surface area is 155 Å². The molecule has 5 nitrogen and oxygen atoms in total. The fourth-order valence-corrected chi connectivity index (χ4v) is 4.45. The lowest BCUT2D eigenvalue weighted by molar-refractivity contribution is -0.143. The number of carbonyl (C=O) groups excluding carboxylic acids is 1. The summed E-state index contributed by atoms with van der Waals surface area (Å²) < 4.78 is 0. The molecule has 0 saturated carbocycles. The normalized spacial score (nSPS) is 24.6. The van der Waals surface area contributed by atoms with E-state index >= 15 is 0 Å². The van der Waals surface area contributed by atoms with Crippen LogP contribution < -0.4 is 5.32 Å². The molecule has 0 radical (unpaired) electrons. The molecule has 2 aliphatic heterocycles. The van der Waals surface area contributed by atoms with Gasteiger partial charge < -0.3 is 10.2 Å². The van der Waals surface area contributed by atoms with Gasteiger partial charge in [-0.2, -0.15) is 5.10 Å². The third-order valence-electron chi connectivity index (χ3n) is 6.06. The highest BCUT2D eigenvalue weighted by Crippen LogP contribution is 2.36. The van der Waals surface area contributed by atoms with E-state index in [0.29, 0.717) is 11.8 Å². The number of amides is 1. The molecule has 138 valence electrons. The summed E-state index contributed by atoms with van der Waals surface area (Å²) >= 11 is 0. The molecule has 0 bridgehead atoms. The molecular formula is C21H28N4O. The molecule has 1 atom stereocenters. The van der Waals surface area contributed by atoms with Crippen LogP contribution >= 0.6 is 0 Å². The Morgan fingerprint density at radius 3 is 2.69 bits per heavy atom. The molecule has 2 N–H and O–H groups in total. The molecule has 2 fully saturated rings. The summed E-state index contributed by atoms with van der Waals surface area (Å²) in [4.78, 5) is 15.1. The minimum Gasteiger partial charge on any atom is -0.342 e. The second kappa shape index (κ2) is 7.23. The van der Waals surface area contributed by atoms with E-state index < -0.39 is 0 Å². The van der Waals surface area contributed by atoms with Gasteiger partial charge in [0.2, 0.25) is 5.91 Å². The summed E-state index contributed by atoms with van der Waals surface area (Å²) in [7, 11) is 0. The highest BCUT2D eigenvalue weighted by molar-refractivity contribution is 5.83. The topological polar surface area (TPSA) is 61.0 Å². The first-order valence-electron chi connectivity index (χ1n) is 9.76. The summed E-state index contributed by atoms with van der Waals surface area (Å²) in [5.74, 6) is 0.769. The Bertz CT molecular complexity index is 740. The Hall–Kier alpha value is -2.14. The fourth-order valence-electron chi connectivity index (χ4n) is 4.45. The minimum atomic E-state index is -0.228. The standard InChI is InChI=1S/C21H28N4O/c1-21(10-5-11-22-15-21)20(26)25-12-8-17(9-13-25)19-18(14-23-24-19)16-6-3-2-4-7-16/h2-4,6-7,14,17,22H,5,8-13,15H2,1H3,(H,23,24)/t21-/m1/s1. The van der Waals surface area contributed by atoms with Crippen molar-refractivity contribution in [3.8, 4) is 11.1 Å². The molecule has 5 heteroatoms. The molecule has 2 aliphatic rings. The van der Waals surface area contributed by atoms with Crippen molar-refractivity contribution in [2.75, 3.05) is 26.2 Å². The molecular weight excluding hydrogens is 324 g/mol. The number of rotatable bonds is 3. The molecule has 3 heterocycles. The summed E-state index contributed by atoms with van der Waals surface area (Å²) in [6.07, 6.45) is 6.01. The highest BCUT2D eigenvalue weighted by atomic mass is 16.2. The van der Waals surface area contributed by atoms with Crippen molar-refractivity contribution in [2.24, 2.45) is 5.41 Å². The maximum absolute atomic E-state index is 13.0. The molecule has 0 unspecified atom stereocenters. The number of aromatic nitrogens is 2. The van der Waals surface area contributed by atoms with Crippen LogP contribution in [0.15, 0.2) is 36.5 Å². The Morgan fingerprint density at radius 1 is 1.23 bits per heavy atom. The van der Waals surface area contributed by atoms with Crippen LogP contribution in [-0.2, 0) is 4.79 Å². The molecule has 1 aromatic carbocycles. The van der Waals surface area contributed by atoms with E-state index in [1.54, 1.807) is 0 Å². The SMILES string of the molecule is C[C@@]1(C(=O)N2CCC(c3[nH]ncc3-c3ccccc3)CC2)CCCNC1. The van der Waals surface area contributed by atoms with Crippen LogP contribution in [0.5, 0.6) is 0 Å². The maximum Gasteiger partial charge on any atom is 0.229 e. The number of likely N-dealkylation sites (tertiary alicyclic amines) is 1. The van der Waals surface area contributed by atoms with Gasteiger partial charge in [-0.05, 0) is 44.7 Å². The van der Waals surface area contributed by atoms with Crippen molar-refractivity contribution in [1.29, 1.82) is 0 Å².